The molecule has 0 spiro atoms. The molecule has 2 aromatic heterocycles. The molecule has 0 atom stereocenters. The lowest BCUT2D eigenvalue weighted by molar-refractivity contribution is 0.184. The van der Waals surface area contributed by atoms with E-state index >= 15 is 0 Å². The number of aromatic nitrogens is 4. The Morgan fingerprint density at radius 2 is 1.92 bits per heavy atom. The zero-order valence-corrected chi connectivity index (χ0v) is 15.4. The van der Waals surface area contributed by atoms with Crippen molar-refractivity contribution in [1.82, 2.24) is 24.7 Å². The largest absolute Gasteiger partial charge is 0.493 e. The van der Waals surface area contributed by atoms with E-state index in [2.05, 4.69) is 15.3 Å². The van der Waals surface area contributed by atoms with E-state index in [1.54, 1.807) is 14.2 Å². The molecule has 1 aliphatic rings. The number of benzene rings is 1. The van der Waals surface area contributed by atoms with Crippen LogP contribution >= 0.6 is 11.3 Å². The van der Waals surface area contributed by atoms with E-state index in [1.807, 2.05) is 29.6 Å². The Hall–Kier alpha value is -2.65. The number of methoxy groups -OCH3 is 2. The lowest BCUT2D eigenvalue weighted by Crippen LogP contribution is -2.36. The van der Waals surface area contributed by atoms with Crippen LogP contribution in [0.4, 0.5) is 0 Å². The minimum Gasteiger partial charge on any atom is -0.493 e. The van der Waals surface area contributed by atoms with E-state index in [-0.39, 0.29) is 5.69 Å². The quantitative estimate of drug-likeness (QED) is 0.675. The van der Waals surface area contributed by atoms with Crippen molar-refractivity contribution in [2.45, 2.75) is 19.6 Å². The second kappa shape index (κ2) is 6.93. The van der Waals surface area contributed by atoms with Crippen molar-refractivity contribution in [3.8, 4) is 16.5 Å². The maximum absolute atomic E-state index is 12.5. The fourth-order valence-electron chi connectivity index (χ4n) is 3.14. The molecule has 3 aromatic rings. The Bertz CT molecular complexity index is 963. The molecule has 136 valence electrons. The van der Waals surface area contributed by atoms with E-state index in [0.717, 1.165) is 23.7 Å². The van der Waals surface area contributed by atoms with Crippen molar-refractivity contribution in [3.63, 3.8) is 0 Å². The summed E-state index contributed by atoms with van der Waals surface area (Å²) in [5.74, 6) is 1.46. The standard InChI is InChI=1S/C17H19N5O3S/c1-24-14-8-12-5-6-20(10-13(12)9-15(14)25-2)11-21-17(23)22(19-18-21)16-4-3-7-26-16/h3-4,7-9H,5-6,10-11H2,1-2H3. The zero-order chi connectivity index (χ0) is 18.1. The molecule has 9 heteroatoms. The average molecular weight is 373 g/mol. The Kier molecular flexibility index (Phi) is 4.48. The highest BCUT2D eigenvalue weighted by atomic mass is 32.1. The summed E-state index contributed by atoms with van der Waals surface area (Å²) in [4.78, 5) is 14.7. The first kappa shape index (κ1) is 16.8. The Balaban J connectivity index is 1.54. The minimum absolute atomic E-state index is 0.231. The molecule has 3 heterocycles. The van der Waals surface area contributed by atoms with Gasteiger partial charge in [-0.05, 0) is 57.6 Å². The molecule has 26 heavy (non-hydrogen) atoms. The van der Waals surface area contributed by atoms with Crippen LogP contribution < -0.4 is 15.2 Å². The summed E-state index contributed by atoms with van der Waals surface area (Å²) in [6.45, 7) is 1.95. The van der Waals surface area contributed by atoms with Crippen molar-refractivity contribution < 1.29 is 9.47 Å². The predicted molar refractivity (Wildman–Crippen MR) is 97.2 cm³/mol. The number of nitrogens with zero attached hydrogens (tertiary/aromatic N) is 5. The SMILES string of the molecule is COc1cc2c(cc1OC)CN(Cn1nnn(-c3cccs3)c1=O)CC2. The molecule has 1 aliphatic heterocycles. The monoisotopic (exact) mass is 373 g/mol. The molecule has 0 unspecified atom stereocenters. The number of rotatable bonds is 5. The molecule has 0 N–H and O–H groups in total. The molecular formula is C17H19N5O3S. The summed E-state index contributed by atoms with van der Waals surface area (Å²) < 4.78 is 13.5. The van der Waals surface area contributed by atoms with Gasteiger partial charge in [-0.1, -0.05) is 0 Å². The fourth-order valence-corrected chi connectivity index (χ4v) is 3.81. The van der Waals surface area contributed by atoms with Crippen LogP contribution in [0.5, 0.6) is 11.5 Å². The van der Waals surface area contributed by atoms with Gasteiger partial charge in [-0.15, -0.1) is 11.3 Å². The van der Waals surface area contributed by atoms with Gasteiger partial charge in [0.1, 0.15) is 11.7 Å². The van der Waals surface area contributed by atoms with Gasteiger partial charge in [0.2, 0.25) is 0 Å². The van der Waals surface area contributed by atoms with Gasteiger partial charge in [0, 0.05) is 13.1 Å². The van der Waals surface area contributed by atoms with Crippen LogP contribution in [0.3, 0.4) is 0 Å². The number of tetrazole rings is 1. The maximum Gasteiger partial charge on any atom is 0.370 e. The van der Waals surface area contributed by atoms with E-state index in [0.29, 0.717) is 19.0 Å². The van der Waals surface area contributed by atoms with Gasteiger partial charge < -0.3 is 9.47 Å². The van der Waals surface area contributed by atoms with Crippen molar-refractivity contribution in [3.05, 3.63) is 51.3 Å². The van der Waals surface area contributed by atoms with Gasteiger partial charge in [0.25, 0.3) is 0 Å². The summed E-state index contributed by atoms with van der Waals surface area (Å²) >= 11 is 1.46. The van der Waals surface area contributed by atoms with Crippen LogP contribution in [0, 0.1) is 0 Å². The highest BCUT2D eigenvalue weighted by molar-refractivity contribution is 7.12. The van der Waals surface area contributed by atoms with Gasteiger partial charge in [-0.25, -0.2) is 4.79 Å². The van der Waals surface area contributed by atoms with Crippen LogP contribution in [0.25, 0.3) is 5.00 Å². The number of thiophene rings is 1. The van der Waals surface area contributed by atoms with Crippen LogP contribution in [-0.4, -0.2) is 45.5 Å². The molecule has 0 saturated carbocycles. The third-order valence-electron chi connectivity index (χ3n) is 4.49. The summed E-state index contributed by atoms with van der Waals surface area (Å²) in [6, 6.07) is 7.77. The summed E-state index contributed by atoms with van der Waals surface area (Å²) in [6.07, 6.45) is 0.878. The molecule has 0 radical (unpaired) electrons. The second-order valence-electron chi connectivity index (χ2n) is 6.04. The Labute approximate surface area is 154 Å². The molecule has 0 saturated heterocycles. The lowest BCUT2D eigenvalue weighted by atomic mass is 9.99. The van der Waals surface area contributed by atoms with Gasteiger partial charge in [0.15, 0.2) is 11.5 Å². The zero-order valence-electron chi connectivity index (χ0n) is 14.6. The number of ether oxygens (including phenoxy) is 2. The van der Waals surface area contributed by atoms with Crippen molar-refractivity contribution in [2.24, 2.45) is 0 Å². The van der Waals surface area contributed by atoms with E-state index < -0.39 is 0 Å². The van der Waals surface area contributed by atoms with Gasteiger partial charge in [0.05, 0.1) is 14.2 Å². The molecule has 8 nitrogen and oxygen atoms in total. The van der Waals surface area contributed by atoms with Crippen LogP contribution in [0.15, 0.2) is 34.4 Å². The van der Waals surface area contributed by atoms with E-state index in [1.165, 1.54) is 31.8 Å². The smallest absolute Gasteiger partial charge is 0.370 e. The Morgan fingerprint density at radius 3 is 2.62 bits per heavy atom. The molecule has 0 fully saturated rings. The summed E-state index contributed by atoms with van der Waals surface area (Å²) in [5.41, 5.74) is 2.19. The van der Waals surface area contributed by atoms with Crippen molar-refractivity contribution >= 4 is 11.3 Å². The fraction of sp³-hybridized carbons (Fsp3) is 0.353. The van der Waals surface area contributed by atoms with Gasteiger partial charge in [-0.2, -0.15) is 9.36 Å². The number of hydrogen-bond donors (Lipinski definition) is 0. The van der Waals surface area contributed by atoms with E-state index in [4.69, 9.17) is 9.47 Å². The lowest BCUT2D eigenvalue weighted by Gasteiger charge is -2.28. The molecule has 4 rings (SSSR count). The minimum atomic E-state index is -0.231. The predicted octanol–water partition coefficient (Wildman–Crippen LogP) is 1.52. The van der Waals surface area contributed by atoms with E-state index in [9.17, 15) is 4.79 Å². The normalized spacial score (nSPS) is 14.2. The number of fused-ring (bicyclic) bond motifs is 1. The second-order valence-corrected chi connectivity index (χ2v) is 6.97. The van der Waals surface area contributed by atoms with Crippen LogP contribution in [0.1, 0.15) is 11.1 Å². The topological polar surface area (TPSA) is 74.4 Å². The molecule has 1 aromatic carbocycles. The maximum atomic E-state index is 12.5. The summed E-state index contributed by atoms with van der Waals surface area (Å²) in [5, 5.41) is 10.7. The first-order valence-corrected chi connectivity index (χ1v) is 9.10. The number of hydrogen-bond acceptors (Lipinski definition) is 7. The first-order valence-electron chi connectivity index (χ1n) is 8.22. The third-order valence-corrected chi connectivity index (χ3v) is 5.33. The van der Waals surface area contributed by atoms with Gasteiger partial charge >= 0.3 is 5.69 Å². The third kappa shape index (κ3) is 2.99. The first-order chi connectivity index (χ1) is 12.7. The van der Waals surface area contributed by atoms with Crippen LogP contribution in [0.2, 0.25) is 0 Å². The highest BCUT2D eigenvalue weighted by Gasteiger charge is 2.21. The van der Waals surface area contributed by atoms with Crippen molar-refractivity contribution in [1.29, 1.82) is 0 Å². The molecular weight excluding hydrogens is 354 g/mol. The summed E-state index contributed by atoms with van der Waals surface area (Å²) in [7, 11) is 3.27. The van der Waals surface area contributed by atoms with Gasteiger partial charge in [-0.3, -0.25) is 4.90 Å². The van der Waals surface area contributed by atoms with Crippen molar-refractivity contribution in [2.75, 3.05) is 20.8 Å². The highest BCUT2D eigenvalue weighted by Crippen LogP contribution is 2.33. The average Bonchev–Trinajstić information content (AvgIpc) is 3.31. The molecule has 0 amide bonds. The molecule has 0 bridgehead atoms. The van der Waals surface area contributed by atoms with Crippen LogP contribution in [-0.2, 0) is 19.6 Å². The Morgan fingerprint density at radius 1 is 1.15 bits per heavy atom. The molecule has 0 aliphatic carbocycles.